The summed E-state index contributed by atoms with van der Waals surface area (Å²) >= 11 is 0. The Morgan fingerprint density at radius 3 is 1.33 bits per heavy atom. The Morgan fingerprint density at radius 2 is 1.06 bits per heavy atom. The summed E-state index contributed by atoms with van der Waals surface area (Å²) in [4.78, 5) is 0. The molecule has 0 amide bonds. The molecule has 0 saturated carbocycles. The fraction of sp³-hybridized carbons (Fsp3) is 0.200. The summed E-state index contributed by atoms with van der Waals surface area (Å²) in [6.45, 7) is 0. The quantitative estimate of drug-likeness (QED) is 0.728. The van der Waals surface area contributed by atoms with Crippen molar-refractivity contribution in [2.24, 2.45) is 0 Å². The maximum Gasteiger partial charge on any atom is 0.123 e. The van der Waals surface area contributed by atoms with Crippen LogP contribution in [0.15, 0.2) is 48.5 Å². The van der Waals surface area contributed by atoms with Gasteiger partial charge in [-0.05, 0) is 36.4 Å². The molecule has 2 aromatic rings. The smallest absolute Gasteiger partial charge is 0.123 e. The third-order valence-electron chi connectivity index (χ3n) is 4.00. The van der Waals surface area contributed by atoms with E-state index in [-0.39, 0.29) is 11.6 Å². The lowest BCUT2D eigenvalue weighted by atomic mass is 10.3. The fourth-order valence-corrected chi connectivity index (χ4v) is 6.97. The predicted octanol–water partition coefficient (Wildman–Crippen LogP) is 2.93. The molecule has 0 N–H and O–H groups in total. The van der Waals surface area contributed by atoms with E-state index in [1.807, 2.05) is 24.3 Å². The largest absolute Gasteiger partial charge is 0.207 e. The summed E-state index contributed by atoms with van der Waals surface area (Å²) in [6, 6.07) is 16.1. The summed E-state index contributed by atoms with van der Waals surface area (Å²) in [5.74, 6) is -0.386. The summed E-state index contributed by atoms with van der Waals surface area (Å²) < 4.78 is 26.0. The van der Waals surface area contributed by atoms with Gasteiger partial charge in [0.2, 0.25) is 0 Å². The minimum Gasteiger partial charge on any atom is -0.207 e. The molecule has 0 spiro atoms. The summed E-state index contributed by atoms with van der Waals surface area (Å²) in [5, 5.41) is 2.53. The van der Waals surface area contributed by atoms with Crippen LogP contribution in [0.5, 0.6) is 0 Å². The summed E-state index contributed by atoms with van der Waals surface area (Å²) in [7, 11) is -1.67. The molecule has 1 heterocycles. The highest BCUT2D eigenvalue weighted by atomic mass is 28.3. The lowest BCUT2D eigenvalue weighted by molar-refractivity contribution is 0.628. The van der Waals surface area contributed by atoms with Gasteiger partial charge in [-0.3, -0.25) is 0 Å². The molecule has 18 heavy (non-hydrogen) atoms. The van der Waals surface area contributed by atoms with Gasteiger partial charge in [-0.1, -0.05) is 41.1 Å². The van der Waals surface area contributed by atoms with Crippen molar-refractivity contribution >= 4 is 18.4 Å². The van der Waals surface area contributed by atoms with Gasteiger partial charge in [-0.2, -0.15) is 0 Å². The van der Waals surface area contributed by atoms with Crippen LogP contribution in [0.4, 0.5) is 8.78 Å². The number of rotatable bonds is 2. The zero-order valence-corrected chi connectivity index (χ0v) is 11.0. The Hall–Kier alpha value is -1.48. The van der Waals surface area contributed by atoms with E-state index in [4.69, 9.17) is 0 Å². The second-order valence-electron chi connectivity index (χ2n) is 4.95. The molecule has 0 nitrogen and oxygen atoms in total. The molecule has 2 aromatic carbocycles. The van der Waals surface area contributed by atoms with E-state index in [1.54, 1.807) is 0 Å². The van der Waals surface area contributed by atoms with Crippen LogP contribution in [0.2, 0.25) is 12.1 Å². The van der Waals surface area contributed by atoms with Crippen LogP contribution < -0.4 is 10.4 Å². The Bertz CT molecular complexity index is 494. The third kappa shape index (κ3) is 1.79. The molecule has 1 saturated heterocycles. The highest BCUT2D eigenvalue weighted by Gasteiger charge is 2.42. The fourth-order valence-electron chi connectivity index (χ4n) is 2.81. The lowest BCUT2D eigenvalue weighted by Crippen LogP contribution is -2.62. The van der Waals surface area contributed by atoms with Crippen molar-refractivity contribution in [3.63, 3.8) is 0 Å². The minimum atomic E-state index is -1.67. The Kier molecular flexibility index (Phi) is 2.78. The van der Waals surface area contributed by atoms with Gasteiger partial charge in [-0.25, -0.2) is 8.78 Å². The number of halogens is 2. The molecule has 0 atom stereocenters. The van der Waals surface area contributed by atoms with E-state index < -0.39 is 8.07 Å². The Morgan fingerprint density at radius 1 is 0.667 bits per heavy atom. The predicted molar refractivity (Wildman–Crippen MR) is 72.1 cm³/mol. The lowest BCUT2D eigenvalue weighted by Gasteiger charge is -2.40. The van der Waals surface area contributed by atoms with Crippen molar-refractivity contribution in [2.45, 2.75) is 18.5 Å². The second-order valence-corrected chi connectivity index (χ2v) is 9.27. The van der Waals surface area contributed by atoms with Gasteiger partial charge in [0.1, 0.15) is 19.7 Å². The maximum absolute atomic E-state index is 13.0. The van der Waals surface area contributed by atoms with Gasteiger partial charge in [0.25, 0.3) is 0 Å². The highest BCUT2D eigenvalue weighted by Crippen LogP contribution is 2.31. The minimum absolute atomic E-state index is 0.193. The van der Waals surface area contributed by atoms with Crippen molar-refractivity contribution < 1.29 is 8.78 Å². The molecule has 0 aliphatic carbocycles. The number of hydrogen-bond donors (Lipinski definition) is 0. The number of benzene rings is 2. The van der Waals surface area contributed by atoms with Gasteiger partial charge in [0.05, 0.1) is 0 Å². The summed E-state index contributed by atoms with van der Waals surface area (Å²) in [6.07, 6.45) is 1.22. The van der Waals surface area contributed by atoms with E-state index in [0.717, 1.165) is 0 Å². The first-order chi connectivity index (χ1) is 8.71. The van der Waals surface area contributed by atoms with Crippen LogP contribution in [0.25, 0.3) is 0 Å². The van der Waals surface area contributed by atoms with Crippen LogP contribution in [0.1, 0.15) is 6.42 Å². The molecule has 92 valence electrons. The van der Waals surface area contributed by atoms with Crippen LogP contribution in [0.3, 0.4) is 0 Å². The first kappa shape index (κ1) is 11.6. The SMILES string of the molecule is Fc1ccc([Si]2(c3ccc(F)cc3)CCC2)cc1. The molecule has 1 aliphatic rings. The normalized spacial score (nSPS) is 17.2. The average Bonchev–Trinajstić information content (AvgIpc) is 2.32. The zero-order valence-electron chi connectivity index (χ0n) is 10.00. The Labute approximate surface area is 106 Å². The van der Waals surface area contributed by atoms with Gasteiger partial charge >= 0.3 is 0 Å². The molecular weight excluding hydrogens is 246 g/mol. The molecule has 1 aliphatic heterocycles. The average molecular weight is 260 g/mol. The molecule has 0 aromatic heterocycles. The van der Waals surface area contributed by atoms with Crippen molar-refractivity contribution in [1.29, 1.82) is 0 Å². The molecule has 0 bridgehead atoms. The van der Waals surface area contributed by atoms with E-state index in [1.165, 1.54) is 53.1 Å². The van der Waals surface area contributed by atoms with Crippen molar-refractivity contribution in [2.75, 3.05) is 0 Å². The van der Waals surface area contributed by atoms with E-state index in [0.29, 0.717) is 0 Å². The monoisotopic (exact) mass is 260 g/mol. The van der Waals surface area contributed by atoms with Gasteiger partial charge in [0.15, 0.2) is 0 Å². The van der Waals surface area contributed by atoms with E-state index in [9.17, 15) is 8.78 Å². The molecule has 0 unspecified atom stereocenters. The topological polar surface area (TPSA) is 0 Å². The molecule has 3 heteroatoms. The standard InChI is InChI=1S/C15H14F2Si/c16-12-2-6-14(7-3-12)18(10-1-11-18)15-8-4-13(17)5-9-15/h2-9H,1,10-11H2. The Balaban J connectivity index is 2.04. The van der Waals surface area contributed by atoms with Gasteiger partial charge in [0, 0.05) is 0 Å². The highest BCUT2D eigenvalue weighted by molar-refractivity contribution is 7.04. The maximum atomic E-state index is 13.0. The molecule has 1 fully saturated rings. The number of hydrogen-bond acceptors (Lipinski definition) is 0. The zero-order chi connectivity index (χ0) is 12.6. The van der Waals surface area contributed by atoms with Crippen molar-refractivity contribution in [1.82, 2.24) is 0 Å². The van der Waals surface area contributed by atoms with Gasteiger partial charge in [-0.15, -0.1) is 0 Å². The van der Waals surface area contributed by atoms with Gasteiger partial charge < -0.3 is 0 Å². The van der Waals surface area contributed by atoms with Crippen molar-refractivity contribution in [3.05, 3.63) is 60.2 Å². The first-order valence-electron chi connectivity index (χ1n) is 6.23. The molecule has 0 radical (unpaired) electrons. The summed E-state index contributed by atoms with van der Waals surface area (Å²) in [5.41, 5.74) is 0. The van der Waals surface area contributed by atoms with E-state index in [2.05, 4.69) is 0 Å². The van der Waals surface area contributed by atoms with Crippen molar-refractivity contribution in [3.8, 4) is 0 Å². The second kappa shape index (κ2) is 4.32. The van der Waals surface area contributed by atoms with Crippen LogP contribution >= 0.6 is 0 Å². The van der Waals surface area contributed by atoms with Crippen LogP contribution in [-0.2, 0) is 0 Å². The first-order valence-corrected chi connectivity index (χ1v) is 8.64. The van der Waals surface area contributed by atoms with E-state index >= 15 is 0 Å². The third-order valence-corrected chi connectivity index (χ3v) is 9.29. The van der Waals surface area contributed by atoms with Crippen LogP contribution in [-0.4, -0.2) is 8.07 Å². The molecular formula is C15H14F2Si. The molecule has 3 rings (SSSR count). The van der Waals surface area contributed by atoms with Crippen LogP contribution in [0, 0.1) is 11.6 Å².